The minimum Gasteiger partial charge on any atom is -0.491 e. The van der Waals surface area contributed by atoms with Crippen molar-refractivity contribution in [3.05, 3.63) is 29.6 Å². The van der Waals surface area contributed by atoms with Crippen LogP contribution in [-0.2, 0) is 4.74 Å². The Morgan fingerprint density at radius 3 is 3.04 bits per heavy atom. The summed E-state index contributed by atoms with van der Waals surface area (Å²) in [6, 6.07) is 3.68. The molecule has 0 bridgehead atoms. The lowest BCUT2D eigenvalue weighted by Crippen LogP contribution is -2.53. The van der Waals surface area contributed by atoms with Crippen molar-refractivity contribution < 1.29 is 23.5 Å². The zero-order valence-electron chi connectivity index (χ0n) is 12.5. The average molecular weight is 323 g/mol. The van der Waals surface area contributed by atoms with Gasteiger partial charge in [0.2, 0.25) is 0 Å². The number of halogens is 1. The number of fused-ring (bicyclic) bond motifs is 1. The zero-order chi connectivity index (χ0) is 16.4. The van der Waals surface area contributed by atoms with E-state index in [2.05, 4.69) is 0 Å². The Morgan fingerprint density at radius 2 is 2.26 bits per heavy atom. The van der Waals surface area contributed by atoms with Gasteiger partial charge in [-0.3, -0.25) is 9.69 Å². The van der Waals surface area contributed by atoms with Crippen molar-refractivity contribution in [2.24, 2.45) is 5.73 Å². The van der Waals surface area contributed by atoms with Gasteiger partial charge in [-0.05, 0) is 18.2 Å². The first kappa shape index (κ1) is 15.5. The molecular formula is C15H18FN3O4. The molecule has 1 atom stereocenters. The number of hydrogen-bond acceptors (Lipinski definition) is 5. The summed E-state index contributed by atoms with van der Waals surface area (Å²) in [6.07, 6.45) is -0.347. The molecule has 1 aromatic carbocycles. The first-order chi connectivity index (χ1) is 11.1. The van der Waals surface area contributed by atoms with E-state index in [1.165, 1.54) is 12.1 Å². The number of carbonyl (C=O) groups is 2. The van der Waals surface area contributed by atoms with Gasteiger partial charge in [0.1, 0.15) is 24.8 Å². The Morgan fingerprint density at radius 1 is 1.43 bits per heavy atom. The summed E-state index contributed by atoms with van der Waals surface area (Å²) in [4.78, 5) is 27.4. The normalized spacial score (nSPS) is 20.3. The number of nitrogens with zero attached hydrogens (tertiary/aromatic N) is 2. The standard InChI is InChI=1S/C15H18FN3O4/c16-10-1-2-13(22-6-3-17)12(7-10)14(20)18-4-5-19-11(8-18)9-23-15(19)21/h1-2,7,11H,3-6,8-9,17H2/t11-/m0/s1. The van der Waals surface area contributed by atoms with Gasteiger partial charge >= 0.3 is 6.09 Å². The predicted molar refractivity (Wildman–Crippen MR) is 78.7 cm³/mol. The molecule has 0 unspecified atom stereocenters. The first-order valence-corrected chi connectivity index (χ1v) is 7.45. The topological polar surface area (TPSA) is 85.1 Å². The molecule has 0 spiro atoms. The SMILES string of the molecule is NCCOc1ccc(F)cc1C(=O)N1CCN2C(=O)OC[C@@H]2C1. The van der Waals surface area contributed by atoms with E-state index in [0.29, 0.717) is 31.9 Å². The lowest BCUT2D eigenvalue weighted by Gasteiger charge is -2.35. The van der Waals surface area contributed by atoms with E-state index < -0.39 is 5.82 Å². The monoisotopic (exact) mass is 323 g/mol. The number of piperazine rings is 1. The van der Waals surface area contributed by atoms with Crippen LogP contribution in [0, 0.1) is 5.82 Å². The molecule has 0 radical (unpaired) electrons. The summed E-state index contributed by atoms with van der Waals surface area (Å²) in [5.41, 5.74) is 5.56. The van der Waals surface area contributed by atoms with Crippen LogP contribution in [-0.4, -0.2) is 67.2 Å². The van der Waals surface area contributed by atoms with Crippen molar-refractivity contribution >= 4 is 12.0 Å². The van der Waals surface area contributed by atoms with E-state index in [9.17, 15) is 14.0 Å². The number of ether oxygens (including phenoxy) is 2. The van der Waals surface area contributed by atoms with Crippen molar-refractivity contribution in [2.45, 2.75) is 6.04 Å². The summed E-state index contributed by atoms with van der Waals surface area (Å²) < 4.78 is 23.9. The third-order valence-electron chi connectivity index (χ3n) is 3.95. The van der Waals surface area contributed by atoms with Crippen LogP contribution in [0.15, 0.2) is 18.2 Å². The number of cyclic esters (lactones) is 1. The molecule has 2 aliphatic heterocycles. The van der Waals surface area contributed by atoms with Gasteiger partial charge < -0.3 is 20.1 Å². The van der Waals surface area contributed by atoms with Gasteiger partial charge in [0.15, 0.2) is 0 Å². The molecule has 1 aromatic rings. The number of carbonyl (C=O) groups excluding carboxylic acids is 2. The largest absolute Gasteiger partial charge is 0.491 e. The Hall–Kier alpha value is -2.35. The third kappa shape index (κ3) is 3.07. The van der Waals surface area contributed by atoms with Crippen LogP contribution < -0.4 is 10.5 Å². The number of hydrogen-bond donors (Lipinski definition) is 1. The highest BCUT2D eigenvalue weighted by molar-refractivity contribution is 5.97. The predicted octanol–water partition coefficient (Wildman–Crippen LogP) is 0.440. The molecule has 124 valence electrons. The van der Waals surface area contributed by atoms with E-state index >= 15 is 0 Å². The zero-order valence-corrected chi connectivity index (χ0v) is 12.5. The lowest BCUT2D eigenvalue weighted by atomic mass is 10.1. The minimum atomic E-state index is -0.508. The van der Waals surface area contributed by atoms with Gasteiger partial charge in [0.25, 0.3) is 5.91 Å². The molecule has 3 rings (SSSR count). The van der Waals surface area contributed by atoms with Gasteiger partial charge in [0.05, 0.1) is 11.6 Å². The Bertz CT molecular complexity index is 625. The first-order valence-electron chi connectivity index (χ1n) is 7.45. The number of nitrogens with two attached hydrogens (primary N) is 1. The van der Waals surface area contributed by atoms with Crippen molar-refractivity contribution in [1.82, 2.24) is 9.80 Å². The second-order valence-corrected chi connectivity index (χ2v) is 5.45. The van der Waals surface area contributed by atoms with Gasteiger partial charge in [0, 0.05) is 26.2 Å². The molecule has 0 aliphatic carbocycles. The number of benzene rings is 1. The van der Waals surface area contributed by atoms with Crippen LogP contribution in [0.5, 0.6) is 5.75 Å². The van der Waals surface area contributed by atoms with Crippen LogP contribution in [0.3, 0.4) is 0 Å². The summed E-state index contributed by atoms with van der Waals surface area (Å²) >= 11 is 0. The van der Waals surface area contributed by atoms with Crippen LogP contribution in [0.1, 0.15) is 10.4 Å². The molecule has 7 nitrogen and oxygen atoms in total. The van der Waals surface area contributed by atoms with Crippen LogP contribution in [0.25, 0.3) is 0 Å². The Labute approximate surface area is 132 Å². The number of rotatable bonds is 4. The molecule has 2 saturated heterocycles. The minimum absolute atomic E-state index is 0.151. The van der Waals surface area contributed by atoms with Crippen molar-refractivity contribution in [3.8, 4) is 5.75 Å². The molecule has 2 fully saturated rings. The maximum atomic E-state index is 13.5. The summed E-state index contributed by atoms with van der Waals surface area (Å²) in [7, 11) is 0. The van der Waals surface area contributed by atoms with Gasteiger partial charge in [-0.2, -0.15) is 0 Å². The molecule has 2 heterocycles. The summed E-state index contributed by atoms with van der Waals surface area (Å²) in [5, 5.41) is 0. The second-order valence-electron chi connectivity index (χ2n) is 5.45. The molecule has 23 heavy (non-hydrogen) atoms. The fraction of sp³-hybridized carbons (Fsp3) is 0.467. The molecule has 0 saturated carbocycles. The molecule has 2 N–H and O–H groups in total. The van der Waals surface area contributed by atoms with Gasteiger partial charge in [-0.1, -0.05) is 0 Å². The summed E-state index contributed by atoms with van der Waals surface area (Å²) in [5.74, 6) is -0.523. The highest BCUT2D eigenvalue weighted by Gasteiger charge is 2.39. The van der Waals surface area contributed by atoms with Crippen molar-refractivity contribution in [2.75, 3.05) is 39.4 Å². The van der Waals surface area contributed by atoms with E-state index in [4.69, 9.17) is 15.2 Å². The maximum Gasteiger partial charge on any atom is 0.410 e. The number of amides is 2. The van der Waals surface area contributed by atoms with Crippen molar-refractivity contribution in [1.29, 1.82) is 0 Å². The van der Waals surface area contributed by atoms with Gasteiger partial charge in [-0.15, -0.1) is 0 Å². The van der Waals surface area contributed by atoms with E-state index in [0.717, 1.165) is 6.07 Å². The van der Waals surface area contributed by atoms with E-state index in [1.54, 1.807) is 9.80 Å². The molecule has 2 aliphatic rings. The molecule has 8 heteroatoms. The average Bonchev–Trinajstić information content (AvgIpc) is 2.93. The smallest absolute Gasteiger partial charge is 0.410 e. The van der Waals surface area contributed by atoms with Crippen LogP contribution in [0.4, 0.5) is 9.18 Å². The highest BCUT2D eigenvalue weighted by atomic mass is 19.1. The fourth-order valence-electron chi connectivity index (χ4n) is 2.81. The third-order valence-corrected chi connectivity index (χ3v) is 3.95. The van der Waals surface area contributed by atoms with Crippen LogP contribution in [0.2, 0.25) is 0 Å². The van der Waals surface area contributed by atoms with Gasteiger partial charge in [-0.25, -0.2) is 9.18 Å². The molecule has 0 aromatic heterocycles. The lowest BCUT2D eigenvalue weighted by molar-refractivity contribution is 0.0612. The quantitative estimate of drug-likeness (QED) is 0.869. The van der Waals surface area contributed by atoms with Crippen LogP contribution >= 0.6 is 0 Å². The van der Waals surface area contributed by atoms with E-state index in [1.807, 2.05) is 0 Å². The molecular weight excluding hydrogens is 305 g/mol. The highest BCUT2D eigenvalue weighted by Crippen LogP contribution is 2.24. The second kappa shape index (κ2) is 6.41. The fourth-order valence-corrected chi connectivity index (χ4v) is 2.81. The molecule has 2 amide bonds. The maximum absolute atomic E-state index is 13.5. The van der Waals surface area contributed by atoms with Crippen molar-refractivity contribution in [3.63, 3.8) is 0 Å². The summed E-state index contributed by atoms with van der Waals surface area (Å²) in [6.45, 7) is 1.94. The Balaban J connectivity index is 1.77. The Kier molecular flexibility index (Phi) is 4.33. The van der Waals surface area contributed by atoms with E-state index in [-0.39, 0.29) is 36.8 Å².